The molecule has 0 spiro atoms. The number of fused-ring (bicyclic) bond motifs is 1. The van der Waals surface area contributed by atoms with E-state index in [4.69, 9.17) is 11.6 Å². The zero-order valence-electron chi connectivity index (χ0n) is 9.52. The minimum absolute atomic E-state index is 0.0801. The van der Waals surface area contributed by atoms with Crippen LogP contribution in [0.1, 0.15) is 5.56 Å². The van der Waals surface area contributed by atoms with E-state index in [1.807, 2.05) is 24.3 Å². The number of hydrogen-bond donors (Lipinski definition) is 0. The lowest BCUT2D eigenvalue weighted by Crippen LogP contribution is -2.38. The highest BCUT2D eigenvalue weighted by molar-refractivity contribution is 6.27. The summed E-state index contributed by atoms with van der Waals surface area (Å²) >= 11 is 5.53. The fraction of sp³-hybridized carbons (Fsp3) is 0.333. The molecule has 0 aliphatic carbocycles. The predicted molar refractivity (Wildman–Crippen MR) is 66.0 cm³/mol. The molecule has 1 aromatic carbocycles. The van der Waals surface area contributed by atoms with Crippen molar-refractivity contribution in [2.24, 2.45) is 0 Å². The van der Waals surface area contributed by atoms with Gasteiger partial charge in [-0.15, -0.1) is 11.6 Å². The van der Waals surface area contributed by atoms with Crippen LogP contribution in [0.5, 0.6) is 0 Å². The number of nitrogens with zero attached hydrogens (tertiary/aromatic N) is 2. The van der Waals surface area contributed by atoms with Crippen molar-refractivity contribution in [3.8, 4) is 0 Å². The Kier molecular flexibility index (Phi) is 3.33. The molecule has 0 saturated heterocycles. The Morgan fingerprint density at radius 3 is 2.76 bits per heavy atom. The first-order chi connectivity index (χ1) is 8.13. The largest absolute Gasteiger partial charge is 0.328 e. The van der Waals surface area contributed by atoms with Gasteiger partial charge in [0.25, 0.3) is 0 Å². The first kappa shape index (κ1) is 11.9. The highest BCUT2D eigenvalue weighted by Gasteiger charge is 2.25. The number of likely N-dealkylation sites (N-methyl/N-ethyl adjacent to an activating group) is 1. The number of alkyl halides is 1. The van der Waals surface area contributed by atoms with Crippen LogP contribution in [0.2, 0.25) is 0 Å². The first-order valence-corrected chi connectivity index (χ1v) is 5.85. The van der Waals surface area contributed by atoms with Crippen LogP contribution in [-0.4, -0.2) is 36.2 Å². The van der Waals surface area contributed by atoms with Gasteiger partial charge in [0, 0.05) is 19.3 Å². The van der Waals surface area contributed by atoms with Crippen molar-refractivity contribution in [1.29, 1.82) is 0 Å². The van der Waals surface area contributed by atoms with Crippen LogP contribution in [0.3, 0.4) is 0 Å². The maximum absolute atomic E-state index is 11.9. The molecule has 17 heavy (non-hydrogen) atoms. The van der Waals surface area contributed by atoms with E-state index in [9.17, 15) is 9.59 Å². The van der Waals surface area contributed by atoms with Crippen molar-refractivity contribution in [2.75, 3.05) is 24.4 Å². The highest BCUT2D eigenvalue weighted by atomic mass is 35.5. The number of para-hydroxylation sites is 1. The summed E-state index contributed by atoms with van der Waals surface area (Å²) in [5, 5.41) is 0. The number of anilines is 1. The Labute approximate surface area is 105 Å². The van der Waals surface area contributed by atoms with Gasteiger partial charge in [0.05, 0.1) is 0 Å². The summed E-state index contributed by atoms with van der Waals surface area (Å²) in [5.41, 5.74) is 1.81. The molecule has 1 aromatic rings. The maximum Gasteiger partial charge on any atom is 0.246 e. The van der Waals surface area contributed by atoms with Crippen molar-refractivity contribution in [3.05, 3.63) is 29.8 Å². The van der Waals surface area contributed by atoms with Gasteiger partial charge in [-0.1, -0.05) is 18.2 Å². The molecule has 5 heteroatoms. The summed E-state index contributed by atoms with van der Waals surface area (Å²) in [5.74, 6) is -0.419. The number of benzene rings is 1. The van der Waals surface area contributed by atoms with Crippen LogP contribution in [0.25, 0.3) is 0 Å². The van der Waals surface area contributed by atoms with E-state index < -0.39 is 0 Å². The zero-order chi connectivity index (χ0) is 12.4. The van der Waals surface area contributed by atoms with Gasteiger partial charge in [0.1, 0.15) is 12.4 Å². The second kappa shape index (κ2) is 4.75. The lowest BCUT2D eigenvalue weighted by atomic mass is 10.1. The highest BCUT2D eigenvalue weighted by Crippen LogP contribution is 2.24. The summed E-state index contributed by atoms with van der Waals surface area (Å²) in [7, 11) is 1.72. The molecule has 0 bridgehead atoms. The van der Waals surface area contributed by atoms with E-state index in [1.54, 1.807) is 11.9 Å². The molecule has 1 heterocycles. The van der Waals surface area contributed by atoms with Gasteiger partial charge in [-0.2, -0.15) is 0 Å². The van der Waals surface area contributed by atoms with E-state index in [1.165, 1.54) is 4.90 Å². The molecule has 1 aliphatic heterocycles. The van der Waals surface area contributed by atoms with Crippen molar-refractivity contribution < 1.29 is 9.59 Å². The topological polar surface area (TPSA) is 40.6 Å². The Morgan fingerprint density at radius 1 is 1.35 bits per heavy atom. The molecule has 0 saturated carbocycles. The molecule has 90 valence electrons. The van der Waals surface area contributed by atoms with E-state index in [-0.39, 0.29) is 24.2 Å². The summed E-state index contributed by atoms with van der Waals surface area (Å²) < 4.78 is 0. The standard InChI is InChI=1S/C12H13ClN2O2/c1-14-10-5-3-2-4-9(10)7-15(8-12(14)17)11(16)6-13/h2-5H,6-8H2,1H3. The minimum Gasteiger partial charge on any atom is -0.328 e. The monoisotopic (exact) mass is 252 g/mol. The Morgan fingerprint density at radius 2 is 2.06 bits per heavy atom. The SMILES string of the molecule is CN1C(=O)CN(C(=O)CCl)Cc2ccccc21. The molecule has 0 aromatic heterocycles. The number of hydrogen-bond acceptors (Lipinski definition) is 2. The molecule has 0 atom stereocenters. The predicted octanol–water partition coefficient (Wildman–Crippen LogP) is 1.23. The van der Waals surface area contributed by atoms with Gasteiger partial charge >= 0.3 is 0 Å². The molecule has 4 nitrogen and oxygen atoms in total. The summed E-state index contributed by atoms with van der Waals surface area (Å²) in [4.78, 5) is 26.6. The Bertz CT molecular complexity index is 462. The lowest BCUT2D eigenvalue weighted by Gasteiger charge is -2.18. The number of carbonyl (C=O) groups is 2. The van der Waals surface area contributed by atoms with Crippen LogP contribution in [0.4, 0.5) is 5.69 Å². The molecule has 0 N–H and O–H groups in total. The number of amides is 2. The Balaban J connectivity index is 2.38. The zero-order valence-corrected chi connectivity index (χ0v) is 10.3. The normalized spacial score (nSPS) is 15.5. The smallest absolute Gasteiger partial charge is 0.246 e. The van der Waals surface area contributed by atoms with Gasteiger partial charge in [0.2, 0.25) is 11.8 Å². The van der Waals surface area contributed by atoms with Crippen molar-refractivity contribution >= 4 is 29.1 Å². The van der Waals surface area contributed by atoms with Gasteiger partial charge in [-0.3, -0.25) is 9.59 Å². The summed E-state index contributed by atoms with van der Waals surface area (Å²) in [6.45, 7) is 0.508. The second-order valence-electron chi connectivity index (χ2n) is 3.96. The van der Waals surface area contributed by atoms with E-state index >= 15 is 0 Å². The Hall–Kier alpha value is -1.55. The molecule has 0 fully saturated rings. The van der Waals surface area contributed by atoms with Gasteiger partial charge in [0.15, 0.2) is 0 Å². The molecule has 2 rings (SSSR count). The number of halogens is 1. The van der Waals surface area contributed by atoms with Crippen LogP contribution in [0.15, 0.2) is 24.3 Å². The number of carbonyl (C=O) groups excluding carboxylic acids is 2. The summed E-state index contributed by atoms with van der Waals surface area (Å²) in [6, 6.07) is 7.56. The van der Waals surface area contributed by atoms with Crippen molar-refractivity contribution in [3.63, 3.8) is 0 Å². The summed E-state index contributed by atoms with van der Waals surface area (Å²) in [6.07, 6.45) is 0. The van der Waals surface area contributed by atoms with Gasteiger partial charge in [-0.25, -0.2) is 0 Å². The maximum atomic E-state index is 11.9. The van der Waals surface area contributed by atoms with Crippen LogP contribution >= 0.6 is 11.6 Å². The van der Waals surface area contributed by atoms with E-state index in [0.29, 0.717) is 6.54 Å². The van der Waals surface area contributed by atoms with E-state index in [0.717, 1.165) is 11.3 Å². The van der Waals surface area contributed by atoms with Crippen LogP contribution < -0.4 is 4.90 Å². The van der Waals surface area contributed by atoms with Gasteiger partial charge < -0.3 is 9.80 Å². The minimum atomic E-state index is -0.217. The quantitative estimate of drug-likeness (QED) is 0.706. The lowest BCUT2D eigenvalue weighted by molar-refractivity contribution is -0.133. The number of rotatable bonds is 1. The average Bonchev–Trinajstić information content (AvgIpc) is 2.48. The first-order valence-electron chi connectivity index (χ1n) is 5.31. The second-order valence-corrected chi connectivity index (χ2v) is 4.23. The third-order valence-corrected chi connectivity index (χ3v) is 3.11. The van der Waals surface area contributed by atoms with E-state index in [2.05, 4.69) is 0 Å². The van der Waals surface area contributed by atoms with Crippen molar-refractivity contribution in [2.45, 2.75) is 6.54 Å². The molecular formula is C12H13ClN2O2. The third-order valence-electron chi connectivity index (χ3n) is 2.88. The van der Waals surface area contributed by atoms with Crippen LogP contribution in [0, 0.1) is 0 Å². The fourth-order valence-electron chi connectivity index (χ4n) is 1.90. The molecule has 1 aliphatic rings. The molecule has 0 unspecified atom stereocenters. The molecule has 0 radical (unpaired) electrons. The van der Waals surface area contributed by atoms with Crippen molar-refractivity contribution in [1.82, 2.24) is 4.90 Å². The average molecular weight is 253 g/mol. The third kappa shape index (κ3) is 2.26. The molecular weight excluding hydrogens is 240 g/mol. The van der Waals surface area contributed by atoms with Gasteiger partial charge in [-0.05, 0) is 11.6 Å². The molecule has 2 amide bonds. The fourth-order valence-corrected chi connectivity index (χ4v) is 2.07. The van der Waals surface area contributed by atoms with Crippen LogP contribution in [-0.2, 0) is 16.1 Å².